The molecule has 0 spiro atoms. The van der Waals surface area contributed by atoms with E-state index in [1.807, 2.05) is 0 Å². The van der Waals surface area contributed by atoms with Crippen LogP contribution in [0.4, 0.5) is 8.78 Å². The Morgan fingerprint density at radius 1 is 1.37 bits per heavy atom. The summed E-state index contributed by atoms with van der Waals surface area (Å²) in [5.41, 5.74) is 0.0597. The molecule has 0 radical (unpaired) electrons. The molecule has 1 heterocycles. The third-order valence-electron chi connectivity index (χ3n) is 2.52. The van der Waals surface area contributed by atoms with E-state index in [9.17, 15) is 17.2 Å². The average Bonchev–Trinajstić information content (AvgIpc) is 2.81. The first-order valence-corrected chi connectivity index (χ1v) is 6.84. The summed E-state index contributed by atoms with van der Waals surface area (Å²) in [5.74, 6) is -1.52. The van der Waals surface area contributed by atoms with Crippen LogP contribution in [0.15, 0.2) is 35.7 Å². The number of aromatic amines is 1. The van der Waals surface area contributed by atoms with Crippen LogP contribution in [-0.4, -0.2) is 18.4 Å². The highest BCUT2D eigenvalue weighted by Crippen LogP contribution is 2.19. The third-order valence-corrected chi connectivity index (χ3v) is 3.99. The van der Waals surface area contributed by atoms with E-state index in [-0.39, 0.29) is 10.6 Å². The molecule has 5 nitrogen and oxygen atoms in total. The molecular formula is C11H11F2N3O2S. The molecule has 1 aromatic carbocycles. The lowest BCUT2D eigenvalue weighted by molar-refractivity contribution is 0.538. The number of hydrogen-bond acceptors (Lipinski definition) is 3. The summed E-state index contributed by atoms with van der Waals surface area (Å²) in [6.07, 6.45) is 2.35. The maximum atomic E-state index is 13.5. The summed E-state index contributed by atoms with van der Waals surface area (Å²) in [4.78, 5) is 6.04. The zero-order valence-corrected chi connectivity index (χ0v) is 10.7. The van der Waals surface area contributed by atoms with Crippen molar-refractivity contribution in [2.45, 2.75) is 18.0 Å². The number of H-pyrrole nitrogens is 1. The van der Waals surface area contributed by atoms with Gasteiger partial charge in [-0.05, 0) is 13.0 Å². The van der Waals surface area contributed by atoms with E-state index >= 15 is 0 Å². The first-order valence-electron chi connectivity index (χ1n) is 5.36. The van der Waals surface area contributed by atoms with Gasteiger partial charge in [0.05, 0.1) is 12.5 Å². The van der Waals surface area contributed by atoms with Gasteiger partial charge in [-0.15, -0.1) is 0 Å². The van der Waals surface area contributed by atoms with E-state index in [2.05, 4.69) is 14.7 Å². The van der Waals surface area contributed by atoms with E-state index in [1.165, 1.54) is 19.3 Å². The first kappa shape index (κ1) is 13.6. The summed E-state index contributed by atoms with van der Waals surface area (Å²) in [7, 11) is -3.82. The van der Waals surface area contributed by atoms with E-state index in [1.54, 1.807) is 0 Å². The number of hydrogen-bond donors (Lipinski definition) is 2. The molecule has 8 heteroatoms. The second-order valence-corrected chi connectivity index (χ2v) is 5.61. The van der Waals surface area contributed by atoms with Crippen molar-refractivity contribution in [3.05, 3.63) is 47.9 Å². The Morgan fingerprint density at radius 3 is 2.68 bits per heavy atom. The highest BCUT2D eigenvalue weighted by Gasteiger charge is 2.21. The molecule has 0 aliphatic heterocycles. The lowest BCUT2D eigenvalue weighted by Gasteiger charge is -2.14. The van der Waals surface area contributed by atoms with Crippen molar-refractivity contribution in [1.82, 2.24) is 14.7 Å². The summed E-state index contributed by atoms with van der Waals surface area (Å²) in [6, 6.07) is 2.13. The fraction of sp³-hybridized carbons (Fsp3) is 0.182. The summed E-state index contributed by atoms with van der Waals surface area (Å²) >= 11 is 0. The molecule has 0 saturated heterocycles. The van der Waals surface area contributed by atoms with Gasteiger partial charge in [0.25, 0.3) is 10.0 Å². The Kier molecular flexibility index (Phi) is 3.63. The number of imidazole rings is 1. The fourth-order valence-corrected chi connectivity index (χ4v) is 2.73. The van der Waals surface area contributed by atoms with Crippen LogP contribution in [0.1, 0.15) is 18.5 Å². The highest BCUT2D eigenvalue weighted by molar-refractivity contribution is 7.89. The number of nitrogens with zero attached hydrogens (tertiary/aromatic N) is 1. The monoisotopic (exact) mass is 287 g/mol. The number of aromatic nitrogens is 2. The van der Waals surface area contributed by atoms with Crippen molar-refractivity contribution >= 4 is 10.0 Å². The molecule has 2 N–H and O–H groups in total. The van der Waals surface area contributed by atoms with E-state index in [0.29, 0.717) is 6.07 Å². The smallest absolute Gasteiger partial charge is 0.258 e. The molecule has 102 valence electrons. The maximum Gasteiger partial charge on any atom is 0.258 e. The standard InChI is InChI=1S/C11H11F2N3O2S/c1-7(9-3-2-8(12)4-10(9)13)16-19(17,18)11-5-14-6-15-11/h2-7,16H,1H3,(H,14,15). The minimum atomic E-state index is -3.82. The van der Waals surface area contributed by atoms with Gasteiger partial charge in [-0.2, -0.15) is 0 Å². The van der Waals surface area contributed by atoms with E-state index in [4.69, 9.17) is 0 Å². The highest BCUT2D eigenvalue weighted by atomic mass is 32.2. The second kappa shape index (κ2) is 5.06. The Labute approximate surface area is 108 Å². The molecule has 1 atom stereocenters. The molecular weight excluding hydrogens is 276 g/mol. The summed E-state index contributed by atoms with van der Waals surface area (Å²) < 4.78 is 52.3. The van der Waals surface area contributed by atoms with Crippen molar-refractivity contribution in [2.75, 3.05) is 0 Å². The van der Waals surface area contributed by atoms with Crippen LogP contribution >= 0.6 is 0 Å². The fourth-order valence-electron chi connectivity index (χ4n) is 1.60. The Balaban J connectivity index is 2.24. The number of nitrogens with one attached hydrogen (secondary N) is 2. The van der Waals surface area contributed by atoms with Gasteiger partial charge in [0.1, 0.15) is 11.6 Å². The second-order valence-electron chi connectivity index (χ2n) is 3.92. The number of rotatable bonds is 4. The first-order chi connectivity index (χ1) is 8.90. The minimum Gasteiger partial charge on any atom is -0.335 e. The van der Waals surface area contributed by atoms with Crippen LogP contribution in [0.3, 0.4) is 0 Å². The normalized spacial score (nSPS) is 13.4. The van der Waals surface area contributed by atoms with Crippen molar-refractivity contribution in [2.24, 2.45) is 0 Å². The average molecular weight is 287 g/mol. The van der Waals surface area contributed by atoms with E-state index < -0.39 is 27.7 Å². The van der Waals surface area contributed by atoms with Crippen LogP contribution in [0.25, 0.3) is 0 Å². The largest absolute Gasteiger partial charge is 0.335 e. The molecule has 0 bridgehead atoms. The molecule has 0 fully saturated rings. The summed E-state index contributed by atoms with van der Waals surface area (Å²) in [5, 5.41) is -0.123. The molecule has 19 heavy (non-hydrogen) atoms. The van der Waals surface area contributed by atoms with Crippen LogP contribution in [0, 0.1) is 11.6 Å². The van der Waals surface area contributed by atoms with Crippen LogP contribution in [0.5, 0.6) is 0 Å². The van der Waals surface area contributed by atoms with E-state index in [0.717, 1.165) is 12.3 Å². The van der Waals surface area contributed by atoms with Gasteiger partial charge in [0, 0.05) is 17.7 Å². The van der Waals surface area contributed by atoms with Crippen molar-refractivity contribution in [1.29, 1.82) is 0 Å². The Bertz CT molecular complexity index is 671. The predicted molar refractivity (Wildman–Crippen MR) is 63.7 cm³/mol. The zero-order chi connectivity index (χ0) is 14.0. The zero-order valence-electron chi connectivity index (χ0n) is 9.89. The van der Waals surface area contributed by atoms with Gasteiger partial charge in [-0.1, -0.05) is 6.07 Å². The molecule has 2 rings (SSSR count). The van der Waals surface area contributed by atoms with Crippen molar-refractivity contribution in [3.63, 3.8) is 0 Å². The molecule has 0 aliphatic rings. The topological polar surface area (TPSA) is 74.8 Å². The maximum absolute atomic E-state index is 13.5. The number of benzene rings is 1. The van der Waals surface area contributed by atoms with Crippen molar-refractivity contribution < 1.29 is 17.2 Å². The van der Waals surface area contributed by atoms with Gasteiger partial charge in [-0.25, -0.2) is 26.9 Å². The van der Waals surface area contributed by atoms with Gasteiger partial charge < -0.3 is 4.98 Å². The Hall–Kier alpha value is -1.80. The van der Waals surface area contributed by atoms with Crippen molar-refractivity contribution in [3.8, 4) is 0 Å². The lowest BCUT2D eigenvalue weighted by atomic mass is 10.1. The summed E-state index contributed by atoms with van der Waals surface area (Å²) in [6.45, 7) is 1.46. The molecule has 1 unspecified atom stereocenters. The van der Waals surface area contributed by atoms with Crippen LogP contribution in [0.2, 0.25) is 0 Å². The number of halogens is 2. The molecule has 0 aliphatic carbocycles. The van der Waals surface area contributed by atoms with Gasteiger partial charge in [-0.3, -0.25) is 0 Å². The molecule has 0 saturated carbocycles. The quantitative estimate of drug-likeness (QED) is 0.899. The Morgan fingerprint density at radius 2 is 2.11 bits per heavy atom. The van der Waals surface area contributed by atoms with Gasteiger partial charge >= 0.3 is 0 Å². The number of sulfonamides is 1. The molecule has 1 aromatic heterocycles. The van der Waals surface area contributed by atoms with Crippen LogP contribution < -0.4 is 4.72 Å². The van der Waals surface area contributed by atoms with Crippen LogP contribution in [-0.2, 0) is 10.0 Å². The molecule has 0 amide bonds. The SMILES string of the molecule is CC(NS(=O)(=O)c1cnc[nH]1)c1ccc(F)cc1F. The van der Waals surface area contributed by atoms with Gasteiger partial charge in [0.2, 0.25) is 0 Å². The minimum absolute atomic E-state index is 0.0597. The van der Waals surface area contributed by atoms with Gasteiger partial charge in [0.15, 0.2) is 5.03 Å². The predicted octanol–water partition coefficient (Wildman–Crippen LogP) is 1.73. The third kappa shape index (κ3) is 2.96. The molecule has 2 aromatic rings. The lowest BCUT2D eigenvalue weighted by Crippen LogP contribution is -2.27.